The summed E-state index contributed by atoms with van der Waals surface area (Å²) < 4.78 is 50.8. The van der Waals surface area contributed by atoms with Crippen molar-refractivity contribution < 1.29 is 32.2 Å². The van der Waals surface area contributed by atoms with Gasteiger partial charge >= 0.3 is 6.18 Å². The van der Waals surface area contributed by atoms with Gasteiger partial charge in [-0.05, 0) is 41.3 Å². The molecule has 2 unspecified atom stereocenters. The number of hydrogen-bond donors (Lipinski definition) is 1. The molecule has 1 aliphatic heterocycles. The summed E-state index contributed by atoms with van der Waals surface area (Å²) in [5.74, 6) is -1.44. The van der Waals surface area contributed by atoms with Gasteiger partial charge in [0, 0.05) is 35.8 Å². The van der Waals surface area contributed by atoms with Crippen LogP contribution in [-0.2, 0) is 15.7 Å². The van der Waals surface area contributed by atoms with Gasteiger partial charge in [-0.25, -0.2) is 0 Å². The molecule has 2 heterocycles. The van der Waals surface area contributed by atoms with E-state index in [1.165, 1.54) is 36.5 Å². The Morgan fingerprint density at radius 1 is 1.11 bits per heavy atom. The van der Waals surface area contributed by atoms with Crippen LogP contribution in [-0.4, -0.2) is 44.1 Å². The highest BCUT2D eigenvalue weighted by Gasteiger charge is 2.45. The Hall–Kier alpha value is -3.37. The van der Waals surface area contributed by atoms with E-state index in [0.717, 1.165) is 17.0 Å². The summed E-state index contributed by atoms with van der Waals surface area (Å²) in [4.78, 5) is 29.3. The first-order valence-corrected chi connectivity index (χ1v) is 11.6. The molecule has 35 heavy (non-hydrogen) atoms. The first-order valence-electron chi connectivity index (χ1n) is 10.7. The van der Waals surface area contributed by atoms with Crippen molar-refractivity contribution >= 4 is 28.8 Å². The van der Waals surface area contributed by atoms with Crippen LogP contribution in [0.5, 0.6) is 5.75 Å². The van der Waals surface area contributed by atoms with E-state index < -0.39 is 35.5 Å². The number of rotatable bonds is 7. The first kappa shape index (κ1) is 24.7. The van der Waals surface area contributed by atoms with Crippen LogP contribution in [0.25, 0.3) is 0 Å². The molecule has 1 aromatic heterocycles. The van der Waals surface area contributed by atoms with Crippen LogP contribution < -0.4 is 10.1 Å². The fraction of sp³-hybridized carbons (Fsp3) is 0.280. The number of hydrogen-bond acceptors (Lipinski definition) is 5. The molecule has 2 aromatic carbocycles. The predicted molar refractivity (Wildman–Crippen MR) is 126 cm³/mol. The van der Waals surface area contributed by atoms with Gasteiger partial charge in [-0.3, -0.25) is 9.59 Å². The SMILES string of the molecule is COCCN1C(=O)c2cc(C(F)(F)F)ccc2C(C(=O)Nc2cccc(OC)c2)C1c1cccs1. The maximum Gasteiger partial charge on any atom is 0.416 e. The zero-order valence-electron chi connectivity index (χ0n) is 19.0. The van der Waals surface area contributed by atoms with E-state index in [2.05, 4.69) is 5.32 Å². The number of thiophene rings is 1. The second kappa shape index (κ2) is 10.1. The quantitative estimate of drug-likeness (QED) is 0.472. The molecule has 3 aromatic rings. The molecule has 2 amide bonds. The Kier molecular flexibility index (Phi) is 7.13. The number of fused-ring (bicyclic) bond motifs is 1. The maximum atomic E-state index is 13.7. The lowest BCUT2D eigenvalue weighted by Gasteiger charge is -2.41. The molecule has 2 atom stereocenters. The minimum absolute atomic E-state index is 0.108. The van der Waals surface area contributed by atoms with Crippen LogP contribution in [0.15, 0.2) is 60.0 Å². The molecular formula is C25H23F3N2O4S. The molecular weight excluding hydrogens is 481 g/mol. The average Bonchev–Trinajstić information content (AvgIpc) is 3.37. The van der Waals surface area contributed by atoms with Gasteiger partial charge in [-0.15, -0.1) is 11.3 Å². The molecule has 0 saturated heterocycles. The molecule has 0 saturated carbocycles. The number of anilines is 1. The lowest BCUT2D eigenvalue weighted by atomic mass is 9.80. The number of nitrogens with zero attached hydrogens (tertiary/aromatic N) is 1. The van der Waals surface area contributed by atoms with Crippen LogP contribution >= 0.6 is 11.3 Å². The van der Waals surface area contributed by atoms with Crippen molar-refractivity contribution in [1.82, 2.24) is 4.90 Å². The van der Waals surface area contributed by atoms with Crippen LogP contribution in [0.4, 0.5) is 18.9 Å². The van der Waals surface area contributed by atoms with Crippen molar-refractivity contribution in [3.63, 3.8) is 0 Å². The summed E-state index contributed by atoms with van der Waals surface area (Å²) in [5.41, 5.74) is -0.379. The molecule has 184 valence electrons. The average molecular weight is 505 g/mol. The zero-order chi connectivity index (χ0) is 25.2. The van der Waals surface area contributed by atoms with E-state index in [0.29, 0.717) is 11.4 Å². The number of amides is 2. The third kappa shape index (κ3) is 5.03. The van der Waals surface area contributed by atoms with Crippen molar-refractivity contribution in [2.24, 2.45) is 0 Å². The number of alkyl halides is 3. The van der Waals surface area contributed by atoms with Gasteiger partial charge in [-0.2, -0.15) is 13.2 Å². The van der Waals surface area contributed by atoms with E-state index >= 15 is 0 Å². The van der Waals surface area contributed by atoms with Gasteiger partial charge in [-0.1, -0.05) is 18.2 Å². The Balaban J connectivity index is 1.84. The van der Waals surface area contributed by atoms with Gasteiger partial charge < -0.3 is 19.7 Å². The van der Waals surface area contributed by atoms with Crippen molar-refractivity contribution in [1.29, 1.82) is 0 Å². The largest absolute Gasteiger partial charge is 0.497 e. The number of halogens is 3. The Morgan fingerprint density at radius 3 is 2.57 bits per heavy atom. The third-order valence-corrected chi connectivity index (χ3v) is 6.79. The van der Waals surface area contributed by atoms with E-state index in [9.17, 15) is 22.8 Å². The Bertz CT molecular complexity index is 1210. The highest BCUT2D eigenvalue weighted by Crippen LogP contribution is 2.46. The van der Waals surface area contributed by atoms with Crippen LogP contribution in [0.3, 0.4) is 0 Å². The number of nitrogens with one attached hydrogen (secondary N) is 1. The van der Waals surface area contributed by atoms with E-state index in [-0.39, 0.29) is 24.3 Å². The highest BCUT2D eigenvalue weighted by molar-refractivity contribution is 7.10. The van der Waals surface area contributed by atoms with Crippen molar-refractivity contribution in [3.8, 4) is 5.75 Å². The summed E-state index contributed by atoms with van der Waals surface area (Å²) in [6.45, 7) is 0.267. The molecule has 1 N–H and O–H groups in total. The zero-order valence-corrected chi connectivity index (χ0v) is 19.8. The second-order valence-electron chi connectivity index (χ2n) is 7.95. The number of carbonyl (C=O) groups excluding carboxylic acids is 2. The summed E-state index contributed by atoms with van der Waals surface area (Å²) in [7, 11) is 2.97. The summed E-state index contributed by atoms with van der Waals surface area (Å²) in [5, 5.41) is 4.68. The summed E-state index contributed by atoms with van der Waals surface area (Å²) in [6.07, 6.45) is -4.63. The molecule has 10 heteroatoms. The second-order valence-corrected chi connectivity index (χ2v) is 8.93. The standard InChI is InChI=1S/C25H23F3N2O4S/c1-33-11-10-30-22(20-7-4-12-35-20)21(23(31)29-16-5-3-6-17(14-16)34-2)18-9-8-15(25(26,27)28)13-19(18)24(30)32/h3-9,12-14,21-22H,10-11H2,1-2H3,(H,29,31). The summed E-state index contributed by atoms with van der Waals surface area (Å²) in [6, 6.07) is 12.6. The fourth-order valence-electron chi connectivity index (χ4n) is 4.23. The van der Waals surface area contributed by atoms with Crippen LogP contribution in [0.2, 0.25) is 0 Å². The molecule has 0 aliphatic carbocycles. The molecule has 0 bridgehead atoms. The van der Waals surface area contributed by atoms with Crippen molar-refractivity contribution in [2.75, 3.05) is 32.7 Å². The summed E-state index contributed by atoms with van der Waals surface area (Å²) >= 11 is 1.37. The monoisotopic (exact) mass is 504 g/mol. The number of ether oxygens (including phenoxy) is 2. The van der Waals surface area contributed by atoms with E-state index in [1.807, 2.05) is 11.4 Å². The smallest absolute Gasteiger partial charge is 0.416 e. The predicted octanol–water partition coefficient (Wildman–Crippen LogP) is 5.34. The molecule has 6 nitrogen and oxygen atoms in total. The minimum Gasteiger partial charge on any atom is -0.497 e. The number of benzene rings is 2. The third-order valence-electron chi connectivity index (χ3n) is 5.85. The van der Waals surface area contributed by atoms with Gasteiger partial charge in [0.25, 0.3) is 5.91 Å². The van der Waals surface area contributed by atoms with Gasteiger partial charge in [0.15, 0.2) is 0 Å². The van der Waals surface area contributed by atoms with Crippen LogP contribution in [0.1, 0.15) is 38.3 Å². The maximum absolute atomic E-state index is 13.7. The first-order chi connectivity index (χ1) is 16.7. The van der Waals surface area contributed by atoms with E-state index in [4.69, 9.17) is 9.47 Å². The minimum atomic E-state index is -4.63. The lowest BCUT2D eigenvalue weighted by Crippen LogP contribution is -2.47. The van der Waals surface area contributed by atoms with Gasteiger partial charge in [0.05, 0.1) is 31.2 Å². The topological polar surface area (TPSA) is 67.9 Å². The van der Waals surface area contributed by atoms with Crippen molar-refractivity contribution in [3.05, 3.63) is 81.5 Å². The molecule has 0 spiro atoms. The molecule has 0 fully saturated rings. The molecule has 0 radical (unpaired) electrons. The highest BCUT2D eigenvalue weighted by atomic mass is 32.1. The molecule has 1 aliphatic rings. The van der Waals surface area contributed by atoms with Crippen molar-refractivity contribution in [2.45, 2.75) is 18.1 Å². The van der Waals surface area contributed by atoms with E-state index in [1.54, 1.807) is 30.3 Å². The molecule has 4 rings (SSSR count). The Morgan fingerprint density at radius 2 is 1.91 bits per heavy atom. The van der Waals surface area contributed by atoms with Gasteiger partial charge in [0.1, 0.15) is 5.75 Å². The van der Waals surface area contributed by atoms with Gasteiger partial charge in [0.2, 0.25) is 5.91 Å². The lowest BCUT2D eigenvalue weighted by molar-refractivity contribution is -0.137. The normalized spacial score (nSPS) is 17.7. The fourth-order valence-corrected chi connectivity index (χ4v) is 5.11. The number of methoxy groups -OCH3 is 2. The number of carbonyl (C=O) groups is 2. The van der Waals surface area contributed by atoms with Crippen LogP contribution in [0, 0.1) is 0 Å². The Labute approximate surface area is 204 Å².